The van der Waals surface area contributed by atoms with Crippen LogP contribution in [0.1, 0.15) is 32.1 Å². The van der Waals surface area contributed by atoms with Gasteiger partial charge in [-0.2, -0.15) is 8.61 Å². The smallest absolute Gasteiger partial charge is 0.243 e. The van der Waals surface area contributed by atoms with E-state index in [0.717, 1.165) is 38.1 Å². The quantitative estimate of drug-likeness (QED) is 0.636. The molecule has 2 saturated heterocycles. The number of sulfonamides is 2. The molecule has 0 bridgehead atoms. The zero-order valence-electron chi connectivity index (χ0n) is 16.8. The van der Waals surface area contributed by atoms with Crippen molar-refractivity contribution < 1.29 is 21.2 Å². The number of hydrogen-bond donors (Lipinski definition) is 0. The van der Waals surface area contributed by atoms with E-state index in [0.29, 0.717) is 32.5 Å². The second-order valence-corrected chi connectivity index (χ2v) is 11.8. The van der Waals surface area contributed by atoms with E-state index in [9.17, 15) is 21.2 Å². The third-order valence-electron chi connectivity index (χ3n) is 5.73. The van der Waals surface area contributed by atoms with Crippen LogP contribution in [0, 0.1) is 5.82 Å². The largest absolute Gasteiger partial charge is 0.302 e. The summed E-state index contributed by atoms with van der Waals surface area (Å²) in [5.74, 6) is -0.499. The summed E-state index contributed by atoms with van der Waals surface area (Å²) in [5, 5.41) is 0. The van der Waals surface area contributed by atoms with E-state index in [4.69, 9.17) is 0 Å². The maximum atomic E-state index is 13.2. The van der Waals surface area contributed by atoms with Gasteiger partial charge in [-0.1, -0.05) is 6.42 Å². The maximum Gasteiger partial charge on any atom is 0.243 e. The molecule has 164 valence electrons. The SMILES string of the molecule is CS(=O)(=O)N(CCN1CCCCC1)C1CCCN(S(=O)(=O)c2ccc(F)cc2)C1. The van der Waals surface area contributed by atoms with E-state index in [1.807, 2.05) is 0 Å². The molecular weight excluding hydrogens is 417 g/mol. The molecule has 2 heterocycles. The fourth-order valence-corrected chi connectivity index (χ4v) is 6.81. The van der Waals surface area contributed by atoms with E-state index < -0.39 is 31.9 Å². The first kappa shape index (κ1) is 22.6. The lowest BCUT2D eigenvalue weighted by Crippen LogP contribution is -2.53. The third-order valence-corrected chi connectivity index (χ3v) is 8.94. The van der Waals surface area contributed by atoms with Crippen molar-refractivity contribution in [3.63, 3.8) is 0 Å². The van der Waals surface area contributed by atoms with Crippen LogP contribution in [0.15, 0.2) is 29.2 Å². The Morgan fingerprint density at radius 3 is 2.28 bits per heavy atom. The first-order valence-corrected chi connectivity index (χ1v) is 13.4. The minimum atomic E-state index is -3.79. The fraction of sp³-hybridized carbons (Fsp3) is 0.684. The lowest BCUT2D eigenvalue weighted by atomic mass is 10.1. The van der Waals surface area contributed by atoms with E-state index in [1.54, 1.807) is 0 Å². The van der Waals surface area contributed by atoms with Crippen molar-refractivity contribution in [2.24, 2.45) is 0 Å². The summed E-state index contributed by atoms with van der Waals surface area (Å²) in [5.41, 5.74) is 0. The molecule has 0 radical (unpaired) electrons. The molecule has 0 spiro atoms. The zero-order chi connectivity index (χ0) is 21.1. The molecule has 1 aromatic rings. The molecule has 0 aromatic heterocycles. The van der Waals surface area contributed by atoms with Crippen molar-refractivity contribution in [1.29, 1.82) is 0 Å². The van der Waals surface area contributed by atoms with Crippen molar-refractivity contribution >= 4 is 20.0 Å². The summed E-state index contributed by atoms with van der Waals surface area (Å²) in [7, 11) is -7.26. The van der Waals surface area contributed by atoms with Crippen LogP contribution >= 0.6 is 0 Å². The molecule has 0 aliphatic carbocycles. The van der Waals surface area contributed by atoms with Crippen LogP contribution in [-0.4, -0.2) is 81.9 Å². The topological polar surface area (TPSA) is 78.0 Å². The van der Waals surface area contributed by atoms with Gasteiger partial charge in [-0.05, 0) is 63.0 Å². The molecular formula is C19H30FN3O4S2. The predicted octanol–water partition coefficient (Wildman–Crippen LogP) is 1.73. The normalized spacial score (nSPS) is 22.8. The summed E-state index contributed by atoms with van der Waals surface area (Å²) in [4.78, 5) is 2.30. The Balaban J connectivity index is 1.72. The molecule has 1 aromatic carbocycles. The van der Waals surface area contributed by atoms with Crippen molar-refractivity contribution in [3.05, 3.63) is 30.1 Å². The lowest BCUT2D eigenvalue weighted by molar-refractivity contribution is 0.172. The van der Waals surface area contributed by atoms with Gasteiger partial charge >= 0.3 is 0 Å². The van der Waals surface area contributed by atoms with Gasteiger partial charge < -0.3 is 4.90 Å². The maximum absolute atomic E-state index is 13.2. The highest BCUT2D eigenvalue weighted by atomic mass is 32.2. The minimum absolute atomic E-state index is 0.0266. The van der Waals surface area contributed by atoms with Gasteiger partial charge in [0.25, 0.3) is 0 Å². The first-order chi connectivity index (χ1) is 13.7. The van der Waals surface area contributed by atoms with Gasteiger partial charge in [-0.3, -0.25) is 0 Å². The van der Waals surface area contributed by atoms with Crippen molar-refractivity contribution in [2.75, 3.05) is 45.5 Å². The Morgan fingerprint density at radius 1 is 1.00 bits per heavy atom. The number of nitrogens with zero attached hydrogens (tertiary/aromatic N) is 3. The molecule has 0 N–H and O–H groups in total. The summed E-state index contributed by atoms with van der Waals surface area (Å²) in [6.07, 6.45) is 5.88. The molecule has 29 heavy (non-hydrogen) atoms. The van der Waals surface area contributed by atoms with Crippen LogP contribution < -0.4 is 0 Å². The number of piperidine rings is 2. The van der Waals surface area contributed by atoms with Crippen molar-refractivity contribution in [1.82, 2.24) is 13.5 Å². The van der Waals surface area contributed by atoms with E-state index in [2.05, 4.69) is 4.90 Å². The number of halogens is 1. The minimum Gasteiger partial charge on any atom is -0.302 e. The predicted molar refractivity (Wildman–Crippen MR) is 110 cm³/mol. The Kier molecular flexibility index (Phi) is 7.32. The van der Waals surface area contributed by atoms with Gasteiger partial charge in [0.15, 0.2) is 0 Å². The van der Waals surface area contributed by atoms with Gasteiger partial charge in [0.1, 0.15) is 5.82 Å². The molecule has 3 rings (SSSR count). The number of rotatable bonds is 7. The summed E-state index contributed by atoms with van der Waals surface area (Å²) < 4.78 is 66.8. The number of benzene rings is 1. The van der Waals surface area contributed by atoms with E-state index in [-0.39, 0.29) is 11.4 Å². The molecule has 1 unspecified atom stereocenters. The molecule has 2 fully saturated rings. The van der Waals surface area contributed by atoms with Crippen LogP contribution in [0.4, 0.5) is 4.39 Å². The second kappa shape index (κ2) is 9.38. The average molecular weight is 448 g/mol. The van der Waals surface area contributed by atoms with Crippen LogP contribution in [0.2, 0.25) is 0 Å². The van der Waals surface area contributed by atoms with Crippen molar-refractivity contribution in [2.45, 2.75) is 43.0 Å². The standard InChI is InChI=1S/C19H30FN3O4S2/c1-28(24,25)23(15-14-21-11-3-2-4-12-21)18-6-5-13-22(16-18)29(26,27)19-9-7-17(20)8-10-19/h7-10,18H,2-6,11-16H2,1H3. The summed E-state index contributed by atoms with van der Waals surface area (Å²) in [6, 6.07) is 4.35. The van der Waals surface area contributed by atoms with Gasteiger partial charge in [0.2, 0.25) is 20.0 Å². The Bertz CT molecular complexity index is 885. The van der Waals surface area contributed by atoms with E-state index in [1.165, 1.54) is 33.4 Å². The summed E-state index contributed by atoms with van der Waals surface area (Å²) >= 11 is 0. The highest BCUT2D eigenvalue weighted by Crippen LogP contribution is 2.25. The lowest BCUT2D eigenvalue weighted by Gasteiger charge is -2.38. The zero-order valence-corrected chi connectivity index (χ0v) is 18.5. The second-order valence-electron chi connectivity index (χ2n) is 7.89. The first-order valence-electron chi connectivity index (χ1n) is 10.1. The Morgan fingerprint density at radius 2 is 1.66 bits per heavy atom. The Hall–Kier alpha value is -1.07. The van der Waals surface area contributed by atoms with Crippen LogP contribution in [0.3, 0.4) is 0 Å². The van der Waals surface area contributed by atoms with Gasteiger partial charge in [0.05, 0.1) is 11.2 Å². The highest BCUT2D eigenvalue weighted by molar-refractivity contribution is 7.89. The van der Waals surface area contributed by atoms with Crippen LogP contribution in [0.5, 0.6) is 0 Å². The highest BCUT2D eigenvalue weighted by Gasteiger charge is 2.36. The van der Waals surface area contributed by atoms with Gasteiger partial charge in [-0.25, -0.2) is 21.2 Å². The van der Waals surface area contributed by atoms with Gasteiger partial charge in [-0.15, -0.1) is 0 Å². The molecule has 2 aliphatic rings. The average Bonchev–Trinajstić information content (AvgIpc) is 2.68. The molecule has 0 amide bonds. The molecule has 1 atom stereocenters. The number of hydrogen-bond acceptors (Lipinski definition) is 5. The molecule has 10 heteroatoms. The Labute approximate surface area is 173 Å². The van der Waals surface area contributed by atoms with Gasteiger partial charge in [0, 0.05) is 32.2 Å². The van der Waals surface area contributed by atoms with Crippen molar-refractivity contribution in [3.8, 4) is 0 Å². The molecule has 0 saturated carbocycles. The number of likely N-dealkylation sites (tertiary alicyclic amines) is 1. The van der Waals surface area contributed by atoms with E-state index >= 15 is 0 Å². The third kappa shape index (κ3) is 5.75. The van der Waals surface area contributed by atoms with Crippen LogP contribution in [0.25, 0.3) is 0 Å². The molecule has 7 nitrogen and oxygen atoms in total. The summed E-state index contributed by atoms with van der Waals surface area (Å²) in [6.45, 7) is 3.44. The fourth-order valence-electron chi connectivity index (χ4n) is 4.17. The molecule has 2 aliphatic heterocycles. The van der Waals surface area contributed by atoms with Crippen LogP contribution in [-0.2, 0) is 20.0 Å². The monoisotopic (exact) mass is 447 g/mol.